The van der Waals surface area contributed by atoms with Gasteiger partial charge in [-0.1, -0.05) is 52.6 Å². The fourth-order valence-corrected chi connectivity index (χ4v) is 3.50. The van der Waals surface area contributed by atoms with E-state index in [0.29, 0.717) is 40.6 Å². The van der Waals surface area contributed by atoms with Crippen LogP contribution in [0.5, 0.6) is 0 Å². The SMILES string of the molecule is Clc1ccc([C@H]2Cn3nc(-c4nc(-c5cccc(Cl)c5)no4)cc3CO2)cc1. The summed E-state index contributed by atoms with van der Waals surface area (Å²) in [5.74, 6) is 0.832. The molecule has 3 heterocycles. The highest BCUT2D eigenvalue weighted by Crippen LogP contribution is 2.30. The number of fused-ring (bicyclic) bond motifs is 1. The van der Waals surface area contributed by atoms with Crippen LogP contribution in [0.2, 0.25) is 10.0 Å². The summed E-state index contributed by atoms with van der Waals surface area (Å²) in [6.07, 6.45) is -0.0813. The van der Waals surface area contributed by atoms with Crippen molar-refractivity contribution in [3.8, 4) is 23.0 Å². The number of ether oxygens (including phenoxy) is 1. The molecular formula is C20H14Cl2N4O2. The van der Waals surface area contributed by atoms with Gasteiger partial charge in [-0.15, -0.1) is 0 Å². The molecule has 140 valence electrons. The maximum atomic E-state index is 6.04. The average Bonchev–Trinajstić information content (AvgIpc) is 3.35. The van der Waals surface area contributed by atoms with Gasteiger partial charge in [0, 0.05) is 15.6 Å². The molecular weight excluding hydrogens is 399 g/mol. The molecule has 0 fully saturated rings. The van der Waals surface area contributed by atoms with Gasteiger partial charge in [0.25, 0.3) is 5.89 Å². The highest BCUT2D eigenvalue weighted by molar-refractivity contribution is 6.31. The molecule has 0 unspecified atom stereocenters. The highest BCUT2D eigenvalue weighted by Gasteiger charge is 2.24. The van der Waals surface area contributed by atoms with E-state index in [4.69, 9.17) is 32.5 Å². The lowest BCUT2D eigenvalue weighted by Crippen LogP contribution is -2.21. The number of hydrogen-bond donors (Lipinski definition) is 0. The molecule has 0 radical (unpaired) electrons. The van der Waals surface area contributed by atoms with Crippen molar-refractivity contribution in [1.82, 2.24) is 19.9 Å². The number of rotatable bonds is 3. The van der Waals surface area contributed by atoms with Crippen LogP contribution < -0.4 is 0 Å². The molecule has 6 nitrogen and oxygen atoms in total. The molecule has 28 heavy (non-hydrogen) atoms. The van der Waals surface area contributed by atoms with Crippen molar-refractivity contribution in [2.75, 3.05) is 0 Å². The van der Waals surface area contributed by atoms with Crippen LogP contribution in [0, 0.1) is 0 Å². The molecule has 0 amide bonds. The van der Waals surface area contributed by atoms with E-state index >= 15 is 0 Å². The Kier molecular flexibility index (Phi) is 4.39. The second kappa shape index (κ2) is 7.05. The van der Waals surface area contributed by atoms with Crippen LogP contribution in [0.3, 0.4) is 0 Å². The molecule has 4 aromatic rings. The molecule has 0 saturated heterocycles. The largest absolute Gasteiger partial charge is 0.365 e. The Labute approximate surface area is 170 Å². The Morgan fingerprint density at radius 3 is 2.68 bits per heavy atom. The van der Waals surface area contributed by atoms with E-state index in [-0.39, 0.29) is 6.10 Å². The highest BCUT2D eigenvalue weighted by atomic mass is 35.5. The van der Waals surface area contributed by atoms with Gasteiger partial charge < -0.3 is 9.26 Å². The summed E-state index contributed by atoms with van der Waals surface area (Å²) in [5.41, 5.74) is 3.43. The zero-order chi connectivity index (χ0) is 19.1. The first-order valence-electron chi connectivity index (χ1n) is 8.69. The van der Waals surface area contributed by atoms with Gasteiger partial charge in [0.05, 0.1) is 18.8 Å². The van der Waals surface area contributed by atoms with Gasteiger partial charge in [0.15, 0.2) is 5.69 Å². The van der Waals surface area contributed by atoms with Crippen LogP contribution >= 0.6 is 23.2 Å². The minimum Gasteiger partial charge on any atom is -0.365 e. The quantitative estimate of drug-likeness (QED) is 0.463. The topological polar surface area (TPSA) is 66.0 Å². The first kappa shape index (κ1) is 17.4. The van der Waals surface area contributed by atoms with Crippen LogP contribution in [-0.2, 0) is 17.9 Å². The third kappa shape index (κ3) is 3.30. The van der Waals surface area contributed by atoms with Crippen LogP contribution in [0.25, 0.3) is 23.0 Å². The molecule has 0 saturated carbocycles. The molecule has 0 bridgehead atoms. The van der Waals surface area contributed by atoms with Gasteiger partial charge in [-0.2, -0.15) is 10.1 Å². The second-order valence-electron chi connectivity index (χ2n) is 6.49. The van der Waals surface area contributed by atoms with Crippen LogP contribution in [0.15, 0.2) is 59.1 Å². The van der Waals surface area contributed by atoms with Gasteiger partial charge in [-0.25, -0.2) is 0 Å². The molecule has 1 aliphatic heterocycles. The lowest BCUT2D eigenvalue weighted by atomic mass is 10.1. The summed E-state index contributed by atoms with van der Waals surface area (Å²) in [6, 6.07) is 16.9. The third-order valence-electron chi connectivity index (χ3n) is 4.60. The Hall–Kier alpha value is -2.67. The summed E-state index contributed by atoms with van der Waals surface area (Å²) < 4.78 is 13.3. The molecule has 0 spiro atoms. The average molecular weight is 413 g/mol. The Balaban J connectivity index is 1.40. The number of aromatic nitrogens is 4. The summed E-state index contributed by atoms with van der Waals surface area (Å²) in [4.78, 5) is 4.45. The van der Waals surface area contributed by atoms with E-state index < -0.39 is 0 Å². The molecule has 1 atom stereocenters. The van der Waals surface area contributed by atoms with Gasteiger partial charge in [-0.05, 0) is 35.9 Å². The molecule has 8 heteroatoms. The number of nitrogens with zero attached hydrogens (tertiary/aromatic N) is 4. The number of halogens is 2. The summed E-state index contributed by atoms with van der Waals surface area (Å²) in [7, 11) is 0. The van der Waals surface area contributed by atoms with Crippen molar-refractivity contribution in [2.45, 2.75) is 19.3 Å². The van der Waals surface area contributed by atoms with Crippen molar-refractivity contribution in [3.63, 3.8) is 0 Å². The van der Waals surface area contributed by atoms with Gasteiger partial charge >= 0.3 is 0 Å². The molecule has 1 aliphatic rings. The lowest BCUT2D eigenvalue weighted by molar-refractivity contribution is -0.00112. The summed E-state index contributed by atoms with van der Waals surface area (Å²) in [5, 5.41) is 9.99. The van der Waals surface area contributed by atoms with Crippen LogP contribution in [-0.4, -0.2) is 19.9 Å². The normalized spacial score (nSPS) is 16.1. The Morgan fingerprint density at radius 2 is 1.86 bits per heavy atom. The zero-order valence-electron chi connectivity index (χ0n) is 14.5. The van der Waals surface area contributed by atoms with Crippen molar-refractivity contribution in [3.05, 3.63) is 75.9 Å². The van der Waals surface area contributed by atoms with Gasteiger partial charge in [-0.3, -0.25) is 4.68 Å². The van der Waals surface area contributed by atoms with Crippen LogP contribution in [0.4, 0.5) is 0 Å². The third-order valence-corrected chi connectivity index (χ3v) is 5.09. The predicted molar refractivity (Wildman–Crippen MR) is 105 cm³/mol. The van der Waals surface area contributed by atoms with Crippen molar-refractivity contribution < 1.29 is 9.26 Å². The summed E-state index contributed by atoms with van der Waals surface area (Å²) in [6.45, 7) is 1.06. The van der Waals surface area contributed by atoms with Crippen molar-refractivity contribution in [2.24, 2.45) is 0 Å². The maximum Gasteiger partial charge on any atom is 0.278 e. The fraction of sp³-hybridized carbons (Fsp3) is 0.150. The minimum atomic E-state index is -0.0813. The Morgan fingerprint density at radius 1 is 1.00 bits per heavy atom. The molecule has 0 N–H and O–H groups in total. The van der Waals surface area contributed by atoms with E-state index in [2.05, 4.69) is 15.2 Å². The fourth-order valence-electron chi connectivity index (χ4n) is 3.18. The monoisotopic (exact) mass is 412 g/mol. The number of hydrogen-bond acceptors (Lipinski definition) is 5. The first-order chi connectivity index (χ1) is 13.7. The number of benzene rings is 2. The maximum absolute atomic E-state index is 6.04. The molecule has 2 aromatic heterocycles. The Bertz CT molecular complexity index is 1140. The summed E-state index contributed by atoms with van der Waals surface area (Å²) >= 11 is 12.0. The molecule has 5 rings (SSSR count). The van der Waals surface area contributed by atoms with E-state index in [1.807, 2.05) is 47.1 Å². The van der Waals surface area contributed by atoms with Crippen molar-refractivity contribution in [1.29, 1.82) is 0 Å². The molecule has 0 aliphatic carbocycles. The first-order valence-corrected chi connectivity index (χ1v) is 9.45. The van der Waals surface area contributed by atoms with Crippen molar-refractivity contribution >= 4 is 23.2 Å². The standard InChI is InChI=1S/C20H14Cl2N4O2/c21-14-6-4-12(5-7-14)18-10-26-16(11-27-18)9-17(24-26)20-23-19(25-28-20)13-2-1-3-15(22)8-13/h1-9,18H,10-11H2/t18-/m1/s1. The molecule has 2 aromatic carbocycles. The lowest BCUT2D eigenvalue weighted by Gasteiger charge is -2.24. The smallest absolute Gasteiger partial charge is 0.278 e. The van der Waals surface area contributed by atoms with Crippen LogP contribution in [0.1, 0.15) is 17.4 Å². The van der Waals surface area contributed by atoms with Gasteiger partial charge in [0.2, 0.25) is 5.82 Å². The van der Waals surface area contributed by atoms with E-state index in [9.17, 15) is 0 Å². The zero-order valence-corrected chi connectivity index (χ0v) is 16.1. The van der Waals surface area contributed by atoms with E-state index in [1.165, 1.54) is 0 Å². The van der Waals surface area contributed by atoms with Gasteiger partial charge in [0.1, 0.15) is 6.10 Å². The predicted octanol–water partition coefficient (Wildman–Crippen LogP) is 5.18. The minimum absolute atomic E-state index is 0.0813. The van der Waals surface area contributed by atoms with E-state index in [1.54, 1.807) is 12.1 Å². The van der Waals surface area contributed by atoms with E-state index in [0.717, 1.165) is 16.8 Å². The second-order valence-corrected chi connectivity index (χ2v) is 7.36.